The van der Waals surface area contributed by atoms with Gasteiger partial charge in [0.25, 0.3) is 0 Å². The smallest absolute Gasteiger partial charge is 0.312 e. The summed E-state index contributed by atoms with van der Waals surface area (Å²) in [6, 6.07) is 15.3. The quantitative estimate of drug-likeness (QED) is 0.856. The van der Waals surface area contributed by atoms with Gasteiger partial charge in [0.1, 0.15) is 5.82 Å². The van der Waals surface area contributed by atoms with Gasteiger partial charge in [0, 0.05) is 12.6 Å². The molecule has 0 saturated heterocycles. The van der Waals surface area contributed by atoms with E-state index in [1.807, 2.05) is 31.2 Å². The molecular formula is C17H18FNO2. The van der Waals surface area contributed by atoms with Crippen molar-refractivity contribution in [3.8, 4) is 0 Å². The van der Waals surface area contributed by atoms with Crippen LogP contribution < -0.4 is 5.32 Å². The van der Waals surface area contributed by atoms with Crippen molar-refractivity contribution < 1.29 is 14.3 Å². The number of halogens is 1. The van der Waals surface area contributed by atoms with Crippen LogP contribution in [0.1, 0.15) is 30.0 Å². The van der Waals surface area contributed by atoms with Crippen LogP contribution in [-0.2, 0) is 4.79 Å². The molecule has 2 unspecified atom stereocenters. The van der Waals surface area contributed by atoms with Crippen LogP contribution in [0.3, 0.4) is 0 Å². The van der Waals surface area contributed by atoms with Crippen LogP contribution >= 0.6 is 0 Å². The summed E-state index contributed by atoms with van der Waals surface area (Å²) in [6.07, 6.45) is 0. The first-order valence-electron chi connectivity index (χ1n) is 6.84. The highest BCUT2D eigenvalue weighted by atomic mass is 19.1. The second-order valence-electron chi connectivity index (χ2n) is 4.99. The largest absolute Gasteiger partial charge is 0.481 e. The van der Waals surface area contributed by atoms with Gasteiger partial charge in [0.2, 0.25) is 0 Å². The maximum Gasteiger partial charge on any atom is 0.312 e. The van der Waals surface area contributed by atoms with Crippen molar-refractivity contribution in [1.82, 2.24) is 5.32 Å². The van der Waals surface area contributed by atoms with Crippen LogP contribution in [0, 0.1) is 5.82 Å². The zero-order valence-electron chi connectivity index (χ0n) is 11.8. The van der Waals surface area contributed by atoms with Gasteiger partial charge < -0.3 is 10.4 Å². The molecule has 0 amide bonds. The van der Waals surface area contributed by atoms with Crippen LogP contribution in [-0.4, -0.2) is 17.6 Å². The first kappa shape index (κ1) is 15.2. The molecular weight excluding hydrogens is 269 g/mol. The SMILES string of the molecule is CC(NCC(C(=O)O)c1ccccc1)c1cccc(F)c1. The maximum absolute atomic E-state index is 13.2. The summed E-state index contributed by atoms with van der Waals surface area (Å²) >= 11 is 0. The predicted octanol–water partition coefficient (Wildman–Crippen LogP) is 3.34. The molecule has 2 aromatic carbocycles. The molecule has 0 aliphatic carbocycles. The molecule has 0 aromatic heterocycles. The average molecular weight is 287 g/mol. The van der Waals surface area contributed by atoms with Gasteiger partial charge in [-0.3, -0.25) is 4.79 Å². The van der Waals surface area contributed by atoms with Gasteiger partial charge in [0.05, 0.1) is 5.92 Å². The van der Waals surface area contributed by atoms with Gasteiger partial charge in [0.15, 0.2) is 0 Å². The van der Waals surface area contributed by atoms with Gasteiger partial charge in [-0.25, -0.2) is 4.39 Å². The summed E-state index contributed by atoms with van der Waals surface area (Å²) in [5.74, 6) is -1.79. The van der Waals surface area contributed by atoms with E-state index < -0.39 is 11.9 Å². The lowest BCUT2D eigenvalue weighted by Crippen LogP contribution is -2.29. The Bertz CT molecular complexity index is 601. The van der Waals surface area contributed by atoms with Crippen LogP contribution in [0.5, 0.6) is 0 Å². The number of aliphatic carboxylic acids is 1. The van der Waals surface area contributed by atoms with E-state index in [0.717, 1.165) is 11.1 Å². The second-order valence-corrected chi connectivity index (χ2v) is 4.99. The van der Waals surface area contributed by atoms with Crippen molar-refractivity contribution >= 4 is 5.97 Å². The highest BCUT2D eigenvalue weighted by Gasteiger charge is 2.20. The van der Waals surface area contributed by atoms with E-state index in [0.29, 0.717) is 0 Å². The Morgan fingerprint density at radius 2 is 1.81 bits per heavy atom. The maximum atomic E-state index is 13.2. The van der Waals surface area contributed by atoms with Crippen molar-refractivity contribution in [1.29, 1.82) is 0 Å². The molecule has 2 N–H and O–H groups in total. The number of hydrogen-bond donors (Lipinski definition) is 2. The highest BCUT2D eigenvalue weighted by molar-refractivity contribution is 5.76. The Balaban J connectivity index is 2.04. The first-order chi connectivity index (χ1) is 10.1. The zero-order chi connectivity index (χ0) is 15.2. The van der Waals surface area contributed by atoms with Crippen molar-refractivity contribution in [3.63, 3.8) is 0 Å². The summed E-state index contributed by atoms with van der Waals surface area (Å²) in [6.45, 7) is 2.18. The van der Waals surface area contributed by atoms with Crippen molar-refractivity contribution in [2.75, 3.05) is 6.54 Å². The number of nitrogens with one attached hydrogen (secondary N) is 1. The number of carboxylic acids is 1. The average Bonchev–Trinajstić information content (AvgIpc) is 2.48. The molecule has 4 heteroatoms. The van der Waals surface area contributed by atoms with E-state index in [2.05, 4.69) is 5.32 Å². The van der Waals surface area contributed by atoms with Gasteiger partial charge >= 0.3 is 5.97 Å². The zero-order valence-corrected chi connectivity index (χ0v) is 11.8. The first-order valence-corrected chi connectivity index (χ1v) is 6.84. The minimum atomic E-state index is -0.875. The third-order valence-corrected chi connectivity index (χ3v) is 3.48. The summed E-state index contributed by atoms with van der Waals surface area (Å²) in [7, 11) is 0. The topological polar surface area (TPSA) is 49.3 Å². The minimum Gasteiger partial charge on any atom is -0.481 e. The van der Waals surface area contributed by atoms with Crippen molar-refractivity contribution in [2.24, 2.45) is 0 Å². The van der Waals surface area contributed by atoms with E-state index in [9.17, 15) is 14.3 Å². The van der Waals surface area contributed by atoms with Crippen LogP contribution in [0.4, 0.5) is 4.39 Å². The normalized spacial score (nSPS) is 13.6. The molecule has 110 valence electrons. The van der Waals surface area contributed by atoms with Gasteiger partial charge in [-0.15, -0.1) is 0 Å². The van der Waals surface area contributed by atoms with Crippen LogP contribution in [0.15, 0.2) is 54.6 Å². The molecule has 0 spiro atoms. The lowest BCUT2D eigenvalue weighted by molar-refractivity contribution is -0.138. The third-order valence-electron chi connectivity index (χ3n) is 3.48. The molecule has 0 aliphatic rings. The van der Waals surface area contributed by atoms with E-state index in [1.165, 1.54) is 12.1 Å². The van der Waals surface area contributed by atoms with Crippen LogP contribution in [0.25, 0.3) is 0 Å². The number of carbonyl (C=O) groups is 1. The fraction of sp³-hybridized carbons (Fsp3) is 0.235. The molecule has 2 rings (SSSR count). The van der Waals surface area contributed by atoms with Gasteiger partial charge in [-0.05, 0) is 30.2 Å². The summed E-state index contributed by atoms with van der Waals surface area (Å²) in [4.78, 5) is 11.4. The van der Waals surface area contributed by atoms with Crippen molar-refractivity contribution in [2.45, 2.75) is 18.9 Å². The predicted molar refractivity (Wildman–Crippen MR) is 79.6 cm³/mol. The third kappa shape index (κ3) is 4.13. The molecule has 0 radical (unpaired) electrons. The molecule has 2 atom stereocenters. The second kappa shape index (κ2) is 6.99. The highest BCUT2D eigenvalue weighted by Crippen LogP contribution is 2.18. The van der Waals surface area contributed by atoms with E-state index >= 15 is 0 Å². The molecule has 0 saturated carbocycles. The Morgan fingerprint density at radius 3 is 2.43 bits per heavy atom. The van der Waals surface area contributed by atoms with Crippen LogP contribution in [0.2, 0.25) is 0 Å². The monoisotopic (exact) mass is 287 g/mol. The summed E-state index contributed by atoms with van der Waals surface area (Å²) < 4.78 is 13.2. The molecule has 3 nitrogen and oxygen atoms in total. The number of hydrogen-bond acceptors (Lipinski definition) is 2. The van der Waals surface area contributed by atoms with Gasteiger partial charge in [-0.2, -0.15) is 0 Å². The molecule has 2 aromatic rings. The summed E-state index contributed by atoms with van der Waals surface area (Å²) in [5.41, 5.74) is 1.55. The summed E-state index contributed by atoms with van der Waals surface area (Å²) in [5, 5.41) is 12.5. The van der Waals surface area contributed by atoms with Crippen molar-refractivity contribution in [3.05, 3.63) is 71.5 Å². The fourth-order valence-electron chi connectivity index (χ4n) is 2.22. The molecule has 0 bridgehead atoms. The lowest BCUT2D eigenvalue weighted by atomic mass is 9.98. The molecule has 21 heavy (non-hydrogen) atoms. The standard InChI is InChI=1S/C17H18FNO2/c1-12(14-8-5-9-15(18)10-14)19-11-16(17(20)21)13-6-3-2-4-7-13/h2-10,12,16,19H,11H2,1H3,(H,20,21). The lowest BCUT2D eigenvalue weighted by Gasteiger charge is -2.18. The number of benzene rings is 2. The number of rotatable bonds is 6. The Hall–Kier alpha value is -2.20. The van der Waals surface area contributed by atoms with E-state index in [-0.39, 0.29) is 18.4 Å². The number of carboxylic acid groups (broad SMARTS) is 1. The van der Waals surface area contributed by atoms with E-state index in [1.54, 1.807) is 18.2 Å². The minimum absolute atomic E-state index is 0.119. The molecule has 0 heterocycles. The molecule has 0 aliphatic heterocycles. The van der Waals surface area contributed by atoms with Gasteiger partial charge in [-0.1, -0.05) is 42.5 Å². The van der Waals surface area contributed by atoms with E-state index in [4.69, 9.17) is 0 Å². The Morgan fingerprint density at radius 1 is 1.14 bits per heavy atom. The fourth-order valence-corrected chi connectivity index (χ4v) is 2.22. The Kier molecular flexibility index (Phi) is 5.06. The molecule has 0 fully saturated rings. The Labute approximate surface area is 123 Å².